The lowest BCUT2D eigenvalue weighted by Gasteiger charge is -2.04. The number of rotatable bonds is 1. The number of hydrogen-bond acceptors (Lipinski definition) is 3. The minimum absolute atomic E-state index is 0.721. The van der Waals surface area contributed by atoms with E-state index in [9.17, 15) is 0 Å². The van der Waals surface area contributed by atoms with Crippen molar-refractivity contribution in [3.05, 3.63) is 41.9 Å². The van der Waals surface area contributed by atoms with Crippen LogP contribution >= 0.6 is 0 Å². The Morgan fingerprint density at radius 2 is 1.87 bits per heavy atom. The van der Waals surface area contributed by atoms with Crippen LogP contribution in [0.15, 0.2) is 30.5 Å². The van der Waals surface area contributed by atoms with E-state index in [1.54, 1.807) is 0 Å². The van der Waals surface area contributed by atoms with Gasteiger partial charge in [-0.2, -0.15) is 0 Å². The van der Waals surface area contributed by atoms with Crippen LogP contribution in [0.1, 0.15) is 11.4 Å². The first-order valence-electron chi connectivity index (χ1n) is 4.83. The molecule has 0 fully saturated rings. The summed E-state index contributed by atoms with van der Waals surface area (Å²) in [6.45, 7) is 3.87. The van der Waals surface area contributed by atoms with Crippen molar-refractivity contribution in [2.24, 2.45) is 0 Å². The number of nitrogen functional groups attached to an aromatic ring is 1. The number of pyridine rings is 2. The largest absolute Gasteiger partial charge is 0.397 e. The third kappa shape index (κ3) is 1.96. The van der Waals surface area contributed by atoms with Gasteiger partial charge in [0, 0.05) is 17.5 Å². The first-order chi connectivity index (χ1) is 7.16. The molecule has 0 aliphatic heterocycles. The van der Waals surface area contributed by atoms with E-state index in [-0.39, 0.29) is 0 Å². The van der Waals surface area contributed by atoms with Crippen molar-refractivity contribution in [1.29, 1.82) is 0 Å². The van der Waals surface area contributed by atoms with Gasteiger partial charge in [0.25, 0.3) is 0 Å². The highest BCUT2D eigenvalue weighted by Gasteiger charge is 2.01. The summed E-state index contributed by atoms with van der Waals surface area (Å²) in [5.41, 5.74) is 10.2. The predicted molar refractivity (Wildman–Crippen MR) is 61.4 cm³/mol. The van der Waals surface area contributed by atoms with Crippen molar-refractivity contribution in [3.63, 3.8) is 0 Å². The van der Waals surface area contributed by atoms with Gasteiger partial charge in [0.1, 0.15) is 0 Å². The van der Waals surface area contributed by atoms with Crippen LogP contribution in [-0.4, -0.2) is 9.97 Å². The molecule has 2 N–H and O–H groups in total. The average Bonchev–Trinajstić information content (AvgIpc) is 2.23. The van der Waals surface area contributed by atoms with Crippen molar-refractivity contribution in [1.82, 2.24) is 9.97 Å². The fourth-order valence-electron chi connectivity index (χ4n) is 1.35. The molecule has 15 heavy (non-hydrogen) atoms. The second-order valence-corrected chi connectivity index (χ2v) is 3.56. The molecule has 76 valence electrons. The van der Waals surface area contributed by atoms with Crippen LogP contribution in [0.5, 0.6) is 0 Å². The van der Waals surface area contributed by atoms with Gasteiger partial charge in [-0.15, -0.1) is 0 Å². The predicted octanol–water partition coefficient (Wildman–Crippen LogP) is 2.34. The van der Waals surface area contributed by atoms with E-state index in [1.165, 1.54) is 0 Å². The maximum absolute atomic E-state index is 5.71. The molecule has 0 aromatic carbocycles. The monoisotopic (exact) mass is 199 g/mol. The molecule has 0 aliphatic carbocycles. The molecule has 3 nitrogen and oxygen atoms in total. The minimum Gasteiger partial charge on any atom is -0.397 e. The molecule has 2 rings (SSSR count). The van der Waals surface area contributed by atoms with E-state index < -0.39 is 0 Å². The summed E-state index contributed by atoms with van der Waals surface area (Å²) in [5, 5.41) is 0. The summed E-state index contributed by atoms with van der Waals surface area (Å²) in [6, 6.07) is 7.77. The molecule has 2 aromatic heterocycles. The zero-order valence-electron chi connectivity index (χ0n) is 8.86. The third-order valence-electron chi connectivity index (χ3n) is 2.33. The summed E-state index contributed by atoms with van der Waals surface area (Å²) >= 11 is 0. The molecular formula is C12H13N3. The quantitative estimate of drug-likeness (QED) is 0.767. The Hall–Kier alpha value is -1.90. The lowest BCUT2D eigenvalue weighted by molar-refractivity contribution is 1.17. The first kappa shape index (κ1) is 9.65. The van der Waals surface area contributed by atoms with Gasteiger partial charge >= 0.3 is 0 Å². The Morgan fingerprint density at radius 3 is 2.47 bits per heavy atom. The van der Waals surface area contributed by atoms with E-state index in [0.717, 1.165) is 28.3 Å². The number of anilines is 1. The molecule has 2 heterocycles. The Labute approximate surface area is 89.0 Å². The fourth-order valence-corrected chi connectivity index (χ4v) is 1.35. The molecule has 3 heteroatoms. The SMILES string of the molecule is Cc1ccc(-c2ccc(N)c(C)n2)cn1. The van der Waals surface area contributed by atoms with Gasteiger partial charge in [0.2, 0.25) is 0 Å². The van der Waals surface area contributed by atoms with Crippen molar-refractivity contribution in [2.45, 2.75) is 13.8 Å². The van der Waals surface area contributed by atoms with E-state index in [4.69, 9.17) is 5.73 Å². The van der Waals surface area contributed by atoms with Crippen LogP contribution in [-0.2, 0) is 0 Å². The van der Waals surface area contributed by atoms with Crippen LogP contribution in [0.2, 0.25) is 0 Å². The molecule has 0 saturated heterocycles. The molecule has 0 unspecified atom stereocenters. The van der Waals surface area contributed by atoms with Gasteiger partial charge in [-0.1, -0.05) is 0 Å². The number of nitrogens with zero attached hydrogens (tertiary/aromatic N) is 2. The van der Waals surface area contributed by atoms with E-state index in [0.29, 0.717) is 0 Å². The van der Waals surface area contributed by atoms with Gasteiger partial charge in [0.05, 0.1) is 17.1 Å². The molecular weight excluding hydrogens is 186 g/mol. The Kier molecular flexibility index (Phi) is 2.37. The Balaban J connectivity index is 2.45. The maximum atomic E-state index is 5.71. The molecule has 0 radical (unpaired) electrons. The van der Waals surface area contributed by atoms with E-state index >= 15 is 0 Å². The highest BCUT2D eigenvalue weighted by molar-refractivity contribution is 5.61. The molecule has 0 aliphatic rings. The maximum Gasteiger partial charge on any atom is 0.0722 e. The van der Waals surface area contributed by atoms with Gasteiger partial charge in [-0.05, 0) is 38.1 Å². The molecule has 0 atom stereocenters. The average molecular weight is 199 g/mol. The molecule has 2 aromatic rings. The topological polar surface area (TPSA) is 51.8 Å². The number of hydrogen-bond donors (Lipinski definition) is 1. The van der Waals surface area contributed by atoms with Crippen molar-refractivity contribution >= 4 is 5.69 Å². The number of nitrogens with two attached hydrogens (primary N) is 1. The fraction of sp³-hybridized carbons (Fsp3) is 0.167. The highest BCUT2D eigenvalue weighted by Crippen LogP contribution is 2.18. The summed E-state index contributed by atoms with van der Waals surface area (Å²) in [7, 11) is 0. The normalized spacial score (nSPS) is 10.3. The summed E-state index contributed by atoms with van der Waals surface area (Å²) in [4.78, 5) is 8.64. The summed E-state index contributed by atoms with van der Waals surface area (Å²) < 4.78 is 0. The smallest absolute Gasteiger partial charge is 0.0722 e. The lowest BCUT2D eigenvalue weighted by atomic mass is 10.1. The minimum atomic E-state index is 0.721. The number of aryl methyl sites for hydroxylation is 2. The van der Waals surface area contributed by atoms with Crippen LogP contribution < -0.4 is 5.73 Å². The molecule has 0 saturated carbocycles. The zero-order valence-corrected chi connectivity index (χ0v) is 8.86. The van der Waals surface area contributed by atoms with Gasteiger partial charge < -0.3 is 5.73 Å². The molecule has 0 spiro atoms. The van der Waals surface area contributed by atoms with Gasteiger partial charge in [0.15, 0.2) is 0 Å². The molecule has 0 amide bonds. The summed E-state index contributed by atoms with van der Waals surface area (Å²) in [6.07, 6.45) is 1.83. The Morgan fingerprint density at radius 1 is 1.07 bits per heavy atom. The zero-order chi connectivity index (χ0) is 10.8. The first-order valence-corrected chi connectivity index (χ1v) is 4.83. The van der Waals surface area contributed by atoms with Crippen LogP contribution in [0, 0.1) is 13.8 Å². The van der Waals surface area contributed by atoms with E-state index in [2.05, 4.69) is 9.97 Å². The van der Waals surface area contributed by atoms with Crippen molar-refractivity contribution in [3.8, 4) is 11.3 Å². The van der Waals surface area contributed by atoms with Crippen molar-refractivity contribution < 1.29 is 0 Å². The van der Waals surface area contributed by atoms with Gasteiger partial charge in [-0.3, -0.25) is 9.97 Å². The second kappa shape index (κ2) is 3.69. The van der Waals surface area contributed by atoms with Crippen LogP contribution in [0.3, 0.4) is 0 Å². The highest BCUT2D eigenvalue weighted by atomic mass is 14.8. The Bertz CT molecular complexity index is 475. The number of aromatic nitrogens is 2. The summed E-state index contributed by atoms with van der Waals surface area (Å²) in [5.74, 6) is 0. The lowest BCUT2D eigenvalue weighted by Crippen LogP contribution is -1.94. The second-order valence-electron chi connectivity index (χ2n) is 3.56. The van der Waals surface area contributed by atoms with Crippen molar-refractivity contribution in [2.75, 3.05) is 5.73 Å². The van der Waals surface area contributed by atoms with Crippen LogP contribution in [0.25, 0.3) is 11.3 Å². The third-order valence-corrected chi connectivity index (χ3v) is 2.33. The van der Waals surface area contributed by atoms with Gasteiger partial charge in [-0.25, -0.2) is 0 Å². The van der Waals surface area contributed by atoms with E-state index in [1.807, 2.05) is 44.3 Å². The molecule has 0 bridgehead atoms. The standard InChI is InChI=1S/C12H13N3/c1-8-3-4-10(7-14-8)12-6-5-11(13)9(2)15-12/h3-7H,13H2,1-2H3. The van der Waals surface area contributed by atoms with Crippen LogP contribution in [0.4, 0.5) is 5.69 Å².